The van der Waals surface area contributed by atoms with Crippen LogP contribution in [-0.4, -0.2) is 5.71 Å². The van der Waals surface area contributed by atoms with Gasteiger partial charge in [-0.25, -0.2) is 0 Å². The summed E-state index contributed by atoms with van der Waals surface area (Å²) in [5, 5.41) is 3.76. The first-order chi connectivity index (χ1) is 6.52. The van der Waals surface area contributed by atoms with Crippen molar-refractivity contribution in [2.24, 2.45) is 22.8 Å². The largest absolute Gasteiger partial charge is 0.323 e. The van der Waals surface area contributed by atoms with Gasteiger partial charge in [-0.15, -0.1) is 0 Å². The van der Waals surface area contributed by atoms with Gasteiger partial charge in [-0.1, -0.05) is 39.8 Å². The van der Waals surface area contributed by atoms with E-state index in [9.17, 15) is 0 Å². The highest BCUT2D eigenvalue weighted by atomic mass is 15.1. The monoisotopic (exact) mass is 194 g/mol. The van der Waals surface area contributed by atoms with Gasteiger partial charge in [-0.3, -0.25) is 0 Å². The highest BCUT2D eigenvalue weighted by molar-refractivity contribution is 5.96. The van der Waals surface area contributed by atoms with E-state index in [1.165, 1.54) is 5.57 Å². The van der Waals surface area contributed by atoms with Gasteiger partial charge in [0.05, 0.1) is 5.71 Å². The number of rotatable bonds is 4. The average molecular weight is 194 g/mol. The summed E-state index contributed by atoms with van der Waals surface area (Å²) < 4.78 is 0. The zero-order chi connectivity index (χ0) is 11.1. The third kappa shape index (κ3) is 4.26. The summed E-state index contributed by atoms with van der Waals surface area (Å²) in [6.45, 7) is 10.6. The van der Waals surface area contributed by atoms with Crippen molar-refractivity contribution >= 4 is 5.71 Å². The predicted molar refractivity (Wildman–Crippen MR) is 64.2 cm³/mol. The van der Waals surface area contributed by atoms with Crippen LogP contribution in [-0.2, 0) is 0 Å². The Morgan fingerprint density at radius 3 is 1.93 bits per heavy atom. The standard InChI is InChI=1S/C12H22N2/c1-6-11(9(2)3)7-8-12(14-13)10(4)5/h6-10H,13H2,1-5H3/b8-7-,11-6+,14-12+. The van der Waals surface area contributed by atoms with Gasteiger partial charge in [0, 0.05) is 0 Å². The second kappa shape index (κ2) is 6.41. The molecule has 0 saturated carbocycles. The smallest absolute Gasteiger partial charge is 0.0626 e. The second-order valence-corrected chi connectivity index (χ2v) is 3.99. The number of hydrogen-bond acceptors (Lipinski definition) is 2. The number of nitrogens with two attached hydrogens (primary N) is 1. The van der Waals surface area contributed by atoms with Crippen LogP contribution in [0.15, 0.2) is 28.9 Å². The molecule has 0 amide bonds. The molecule has 0 atom stereocenters. The molecule has 0 saturated heterocycles. The molecule has 80 valence electrons. The Bertz CT molecular complexity index is 219. The molecule has 2 N–H and O–H groups in total. The fourth-order valence-electron chi connectivity index (χ4n) is 1.19. The molecule has 14 heavy (non-hydrogen) atoms. The Hall–Kier alpha value is -1.05. The lowest BCUT2D eigenvalue weighted by Gasteiger charge is -2.07. The molecule has 0 aliphatic heterocycles. The SMILES string of the molecule is C\C=C(/C=C\C(=N/N)C(C)C)C(C)C. The van der Waals surface area contributed by atoms with Crippen LogP contribution in [0.25, 0.3) is 0 Å². The summed E-state index contributed by atoms with van der Waals surface area (Å²) in [5.41, 5.74) is 2.25. The molecule has 0 aliphatic carbocycles. The van der Waals surface area contributed by atoms with E-state index in [2.05, 4.69) is 44.9 Å². The van der Waals surface area contributed by atoms with Crippen molar-refractivity contribution in [3.8, 4) is 0 Å². The molecule has 0 aliphatic rings. The maximum atomic E-state index is 5.29. The molecule has 2 nitrogen and oxygen atoms in total. The number of hydrogen-bond donors (Lipinski definition) is 1. The summed E-state index contributed by atoms with van der Waals surface area (Å²) in [7, 11) is 0. The van der Waals surface area contributed by atoms with Crippen LogP contribution in [0, 0.1) is 11.8 Å². The van der Waals surface area contributed by atoms with Crippen LogP contribution in [0.2, 0.25) is 0 Å². The fraction of sp³-hybridized carbons (Fsp3) is 0.583. The Morgan fingerprint density at radius 2 is 1.64 bits per heavy atom. The minimum Gasteiger partial charge on any atom is -0.323 e. The van der Waals surface area contributed by atoms with Gasteiger partial charge in [0.15, 0.2) is 0 Å². The number of hydrazone groups is 1. The third-order valence-corrected chi connectivity index (χ3v) is 2.19. The van der Waals surface area contributed by atoms with Crippen molar-refractivity contribution in [2.75, 3.05) is 0 Å². The molecular formula is C12H22N2. The molecule has 0 spiro atoms. The van der Waals surface area contributed by atoms with Crippen LogP contribution in [0.3, 0.4) is 0 Å². The third-order valence-electron chi connectivity index (χ3n) is 2.19. The molecular weight excluding hydrogens is 172 g/mol. The molecule has 0 unspecified atom stereocenters. The van der Waals surface area contributed by atoms with E-state index in [0.29, 0.717) is 11.8 Å². The van der Waals surface area contributed by atoms with Gasteiger partial charge in [0.25, 0.3) is 0 Å². The van der Waals surface area contributed by atoms with E-state index < -0.39 is 0 Å². The highest BCUT2D eigenvalue weighted by Gasteiger charge is 2.01. The minimum absolute atomic E-state index is 0.376. The quantitative estimate of drug-likeness (QED) is 0.317. The van der Waals surface area contributed by atoms with Gasteiger partial charge in [-0.2, -0.15) is 5.10 Å². The Kier molecular flexibility index (Phi) is 5.93. The Morgan fingerprint density at radius 1 is 1.07 bits per heavy atom. The van der Waals surface area contributed by atoms with Crippen molar-refractivity contribution in [3.05, 3.63) is 23.8 Å². The molecule has 0 aromatic carbocycles. The Labute approximate surface area is 87.6 Å². The summed E-state index contributed by atoms with van der Waals surface area (Å²) >= 11 is 0. The number of allylic oxidation sites excluding steroid dienone is 4. The Balaban J connectivity index is 4.57. The van der Waals surface area contributed by atoms with E-state index in [-0.39, 0.29) is 0 Å². The predicted octanol–water partition coefficient (Wildman–Crippen LogP) is 3.12. The van der Waals surface area contributed by atoms with Crippen LogP contribution >= 0.6 is 0 Å². The lowest BCUT2D eigenvalue weighted by atomic mass is 10.0. The highest BCUT2D eigenvalue weighted by Crippen LogP contribution is 2.11. The zero-order valence-corrected chi connectivity index (χ0v) is 9.91. The van der Waals surface area contributed by atoms with Crippen molar-refractivity contribution in [2.45, 2.75) is 34.6 Å². The summed E-state index contributed by atoms with van der Waals surface area (Å²) in [6, 6.07) is 0. The summed E-state index contributed by atoms with van der Waals surface area (Å²) in [6.07, 6.45) is 6.21. The molecule has 2 heteroatoms. The maximum Gasteiger partial charge on any atom is 0.0626 e. The molecule has 0 rings (SSSR count). The number of nitrogens with zero attached hydrogens (tertiary/aromatic N) is 1. The van der Waals surface area contributed by atoms with E-state index >= 15 is 0 Å². The van der Waals surface area contributed by atoms with Crippen molar-refractivity contribution < 1.29 is 0 Å². The second-order valence-electron chi connectivity index (χ2n) is 3.99. The first-order valence-corrected chi connectivity index (χ1v) is 5.15. The van der Waals surface area contributed by atoms with E-state index in [4.69, 9.17) is 5.84 Å². The molecule has 0 heterocycles. The first kappa shape index (κ1) is 12.9. The zero-order valence-electron chi connectivity index (χ0n) is 9.91. The molecule has 0 fully saturated rings. The van der Waals surface area contributed by atoms with Gasteiger partial charge in [-0.05, 0) is 30.4 Å². The van der Waals surface area contributed by atoms with Gasteiger partial charge < -0.3 is 5.84 Å². The van der Waals surface area contributed by atoms with E-state index in [1.807, 2.05) is 13.0 Å². The lowest BCUT2D eigenvalue weighted by Crippen LogP contribution is -2.07. The first-order valence-electron chi connectivity index (χ1n) is 5.15. The lowest BCUT2D eigenvalue weighted by molar-refractivity contribution is 0.789. The molecule has 0 aromatic rings. The van der Waals surface area contributed by atoms with Gasteiger partial charge in [0.1, 0.15) is 0 Å². The van der Waals surface area contributed by atoms with Crippen LogP contribution in [0.1, 0.15) is 34.6 Å². The minimum atomic E-state index is 0.376. The molecule has 0 radical (unpaired) electrons. The fourth-order valence-corrected chi connectivity index (χ4v) is 1.19. The van der Waals surface area contributed by atoms with E-state index in [0.717, 1.165) is 5.71 Å². The summed E-state index contributed by atoms with van der Waals surface area (Å²) in [4.78, 5) is 0. The van der Waals surface area contributed by atoms with Crippen LogP contribution < -0.4 is 5.84 Å². The topological polar surface area (TPSA) is 38.4 Å². The van der Waals surface area contributed by atoms with Gasteiger partial charge in [0.2, 0.25) is 0 Å². The van der Waals surface area contributed by atoms with Gasteiger partial charge >= 0.3 is 0 Å². The van der Waals surface area contributed by atoms with Crippen molar-refractivity contribution in [1.29, 1.82) is 0 Å². The molecule has 0 bridgehead atoms. The summed E-state index contributed by atoms with van der Waals surface area (Å²) in [5.74, 6) is 6.22. The van der Waals surface area contributed by atoms with E-state index in [1.54, 1.807) is 0 Å². The van der Waals surface area contributed by atoms with Crippen LogP contribution in [0.5, 0.6) is 0 Å². The maximum absolute atomic E-state index is 5.29. The normalized spacial score (nSPS) is 14.8. The average Bonchev–Trinajstić information content (AvgIpc) is 2.11. The van der Waals surface area contributed by atoms with Crippen molar-refractivity contribution in [1.82, 2.24) is 0 Å². The molecule has 0 aromatic heterocycles. The van der Waals surface area contributed by atoms with Crippen molar-refractivity contribution in [3.63, 3.8) is 0 Å². The van der Waals surface area contributed by atoms with Crippen LogP contribution in [0.4, 0.5) is 0 Å².